The van der Waals surface area contributed by atoms with E-state index in [1.807, 2.05) is 29.3 Å². The van der Waals surface area contributed by atoms with Gasteiger partial charge in [0.25, 0.3) is 0 Å². The van der Waals surface area contributed by atoms with E-state index in [2.05, 4.69) is 22.4 Å². The Kier molecular flexibility index (Phi) is 5.12. The SMILES string of the molecule is O=C(C1CCCCC1)N1C[C@@H](n2cc(C3CC3)nn2)[C@@H](O)C[C@@H]1c1ccccc1. The number of hydrogen-bond donors (Lipinski definition) is 1. The molecule has 2 saturated carbocycles. The maximum atomic E-state index is 13.5. The van der Waals surface area contributed by atoms with Gasteiger partial charge >= 0.3 is 0 Å². The molecule has 3 atom stereocenters. The maximum Gasteiger partial charge on any atom is 0.226 e. The molecular formula is C23H30N4O2. The fourth-order valence-corrected chi connectivity index (χ4v) is 5.06. The number of aliphatic hydroxyl groups is 1. The van der Waals surface area contributed by atoms with E-state index in [1.54, 1.807) is 4.68 Å². The van der Waals surface area contributed by atoms with Crippen LogP contribution in [-0.4, -0.2) is 43.6 Å². The fraction of sp³-hybridized carbons (Fsp3) is 0.609. The zero-order chi connectivity index (χ0) is 19.8. The number of carbonyl (C=O) groups is 1. The summed E-state index contributed by atoms with van der Waals surface area (Å²) in [6.45, 7) is 0.490. The molecule has 2 aromatic rings. The van der Waals surface area contributed by atoms with Gasteiger partial charge < -0.3 is 10.0 Å². The lowest BCUT2D eigenvalue weighted by Gasteiger charge is -2.44. The van der Waals surface area contributed by atoms with Crippen LogP contribution in [0.15, 0.2) is 36.5 Å². The molecule has 0 bridgehead atoms. The van der Waals surface area contributed by atoms with Gasteiger partial charge in [-0.15, -0.1) is 5.10 Å². The van der Waals surface area contributed by atoms with Gasteiger partial charge in [0.05, 0.1) is 23.9 Å². The van der Waals surface area contributed by atoms with Gasteiger partial charge in [0.2, 0.25) is 5.91 Å². The molecule has 0 spiro atoms. The maximum absolute atomic E-state index is 13.5. The van der Waals surface area contributed by atoms with Crippen LogP contribution in [0, 0.1) is 5.92 Å². The highest BCUT2D eigenvalue weighted by Gasteiger charge is 2.41. The number of amides is 1. The zero-order valence-corrected chi connectivity index (χ0v) is 16.9. The molecule has 0 radical (unpaired) electrons. The molecule has 1 amide bonds. The minimum Gasteiger partial charge on any atom is -0.391 e. The Labute approximate surface area is 171 Å². The van der Waals surface area contributed by atoms with E-state index in [-0.39, 0.29) is 23.9 Å². The lowest BCUT2D eigenvalue weighted by Crippen LogP contribution is -2.50. The number of carbonyl (C=O) groups excluding carboxylic acids is 1. The quantitative estimate of drug-likeness (QED) is 0.860. The van der Waals surface area contributed by atoms with E-state index >= 15 is 0 Å². The molecule has 6 nitrogen and oxygen atoms in total. The van der Waals surface area contributed by atoms with Crippen molar-refractivity contribution in [3.05, 3.63) is 47.8 Å². The average molecular weight is 395 g/mol. The van der Waals surface area contributed by atoms with Crippen LogP contribution in [0.3, 0.4) is 0 Å². The first-order valence-electron chi connectivity index (χ1n) is 11.2. The number of benzene rings is 1. The number of aliphatic hydroxyl groups excluding tert-OH is 1. The summed E-state index contributed by atoms with van der Waals surface area (Å²) in [5.41, 5.74) is 2.12. The van der Waals surface area contributed by atoms with Crippen LogP contribution in [-0.2, 0) is 4.79 Å². The van der Waals surface area contributed by atoms with E-state index in [0.717, 1.165) is 36.9 Å². The Bertz CT molecular complexity index is 842. The molecule has 3 fully saturated rings. The molecule has 2 heterocycles. The molecule has 2 aliphatic carbocycles. The lowest BCUT2D eigenvalue weighted by atomic mass is 9.85. The monoisotopic (exact) mass is 394 g/mol. The topological polar surface area (TPSA) is 71.2 Å². The van der Waals surface area contributed by atoms with Crippen LogP contribution < -0.4 is 0 Å². The Morgan fingerprint density at radius 3 is 2.52 bits per heavy atom. The minimum absolute atomic E-state index is 0.0803. The number of piperidine rings is 1. The van der Waals surface area contributed by atoms with Crippen molar-refractivity contribution in [3.63, 3.8) is 0 Å². The summed E-state index contributed by atoms with van der Waals surface area (Å²) in [6, 6.07) is 9.84. The second-order valence-electron chi connectivity index (χ2n) is 9.02. The molecule has 1 N–H and O–H groups in total. The second kappa shape index (κ2) is 7.90. The highest BCUT2D eigenvalue weighted by atomic mass is 16.3. The van der Waals surface area contributed by atoms with Gasteiger partial charge in [-0.2, -0.15) is 0 Å². The molecule has 1 saturated heterocycles. The van der Waals surface area contributed by atoms with E-state index < -0.39 is 6.10 Å². The van der Waals surface area contributed by atoms with Gasteiger partial charge in [-0.1, -0.05) is 54.8 Å². The molecule has 154 valence electrons. The van der Waals surface area contributed by atoms with E-state index in [4.69, 9.17) is 0 Å². The Morgan fingerprint density at radius 2 is 1.79 bits per heavy atom. The highest BCUT2D eigenvalue weighted by Crippen LogP contribution is 2.41. The van der Waals surface area contributed by atoms with Crippen molar-refractivity contribution < 1.29 is 9.90 Å². The third kappa shape index (κ3) is 3.82. The minimum atomic E-state index is -0.552. The first-order chi connectivity index (χ1) is 14.2. The molecule has 5 rings (SSSR count). The van der Waals surface area contributed by atoms with E-state index in [9.17, 15) is 9.90 Å². The third-order valence-corrected chi connectivity index (χ3v) is 6.95. The van der Waals surface area contributed by atoms with Crippen LogP contribution in [0.5, 0.6) is 0 Å². The second-order valence-corrected chi connectivity index (χ2v) is 9.02. The van der Waals surface area contributed by atoms with Crippen LogP contribution in [0.25, 0.3) is 0 Å². The zero-order valence-electron chi connectivity index (χ0n) is 16.9. The largest absolute Gasteiger partial charge is 0.391 e. The van der Waals surface area contributed by atoms with Crippen molar-refractivity contribution in [1.29, 1.82) is 0 Å². The molecule has 29 heavy (non-hydrogen) atoms. The van der Waals surface area contributed by atoms with Crippen LogP contribution >= 0.6 is 0 Å². The van der Waals surface area contributed by atoms with Gasteiger partial charge in [0, 0.05) is 31.0 Å². The molecule has 0 unspecified atom stereocenters. The van der Waals surface area contributed by atoms with Crippen molar-refractivity contribution in [2.45, 2.75) is 75.5 Å². The molecule has 1 aliphatic heterocycles. The Morgan fingerprint density at radius 1 is 1.03 bits per heavy atom. The Balaban J connectivity index is 1.42. The molecule has 1 aromatic heterocycles. The van der Waals surface area contributed by atoms with Crippen LogP contribution in [0.4, 0.5) is 0 Å². The van der Waals surface area contributed by atoms with Gasteiger partial charge in [0.15, 0.2) is 0 Å². The molecule has 3 aliphatic rings. The molecule has 1 aromatic carbocycles. The summed E-state index contributed by atoms with van der Waals surface area (Å²) in [6.07, 6.45) is 9.80. The number of aromatic nitrogens is 3. The summed E-state index contributed by atoms with van der Waals surface area (Å²) >= 11 is 0. The molecular weight excluding hydrogens is 364 g/mol. The Hall–Kier alpha value is -2.21. The van der Waals surface area contributed by atoms with Crippen molar-refractivity contribution in [2.24, 2.45) is 5.92 Å². The molecule has 6 heteroatoms. The van der Waals surface area contributed by atoms with Crippen molar-refractivity contribution in [1.82, 2.24) is 19.9 Å². The van der Waals surface area contributed by atoms with Gasteiger partial charge in [-0.25, -0.2) is 4.68 Å². The fourth-order valence-electron chi connectivity index (χ4n) is 5.06. The van der Waals surface area contributed by atoms with Crippen molar-refractivity contribution in [3.8, 4) is 0 Å². The van der Waals surface area contributed by atoms with Crippen LogP contribution in [0.1, 0.15) is 80.6 Å². The third-order valence-electron chi connectivity index (χ3n) is 6.95. The number of likely N-dealkylation sites (tertiary alicyclic amines) is 1. The summed E-state index contributed by atoms with van der Waals surface area (Å²) in [7, 11) is 0. The summed E-state index contributed by atoms with van der Waals surface area (Å²) in [5, 5.41) is 19.6. The highest BCUT2D eigenvalue weighted by molar-refractivity contribution is 5.79. The van der Waals surface area contributed by atoms with Crippen molar-refractivity contribution >= 4 is 5.91 Å². The summed E-state index contributed by atoms with van der Waals surface area (Å²) in [4.78, 5) is 15.6. The number of nitrogens with zero attached hydrogens (tertiary/aromatic N) is 4. The first kappa shape index (κ1) is 18.8. The lowest BCUT2D eigenvalue weighted by molar-refractivity contribution is -0.144. The summed E-state index contributed by atoms with van der Waals surface area (Å²) in [5.74, 6) is 0.892. The normalized spacial score (nSPS) is 28.4. The standard InChI is InChI=1S/C23H30N4O2/c28-22-13-20(17-7-3-1-4-8-17)26(23(29)18-9-5-2-6-10-18)15-21(22)27-14-19(24-25-27)16-11-12-16/h1,3-4,7-8,14,16,18,20-22,28H,2,5-6,9-13,15H2/t20-,21-,22+/m1/s1. The predicted molar refractivity (Wildman–Crippen MR) is 109 cm³/mol. The van der Waals surface area contributed by atoms with Crippen LogP contribution in [0.2, 0.25) is 0 Å². The first-order valence-corrected chi connectivity index (χ1v) is 11.2. The average Bonchev–Trinajstić information content (AvgIpc) is 3.51. The van der Waals surface area contributed by atoms with Gasteiger partial charge in [-0.3, -0.25) is 4.79 Å². The smallest absolute Gasteiger partial charge is 0.226 e. The van der Waals surface area contributed by atoms with Gasteiger partial charge in [0.1, 0.15) is 0 Å². The number of rotatable bonds is 4. The van der Waals surface area contributed by atoms with Gasteiger partial charge in [-0.05, 0) is 31.2 Å². The van der Waals surface area contributed by atoms with Crippen molar-refractivity contribution in [2.75, 3.05) is 6.54 Å². The number of hydrogen-bond acceptors (Lipinski definition) is 4. The van der Waals surface area contributed by atoms with E-state index in [0.29, 0.717) is 18.9 Å². The summed E-state index contributed by atoms with van der Waals surface area (Å²) < 4.78 is 1.81. The van der Waals surface area contributed by atoms with E-state index in [1.165, 1.54) is 19.3 Å². The predicted octanol–water partition coefficient (Wildman–Crippen LogP) is 3.61.